The van der Waals surface area contributed by atoms with Crippen LogP contribution in [-0.4, -0.2) is 26.2 Å². The van der Waals surface area contributed by atoms with Crippen molar-refractivity contribution in [3.05, 3.63) is 23.8 Å². The summed E-state index contributed by atoms with van der Waals surface area (Å²) in [7, 11) is 3.19. The maximum Gasteiger partial charge on any atom is 0.223 e. The van der Waals surface area contributed by atoms with E-state index in [1.807, 2.05) is 18.2 Å². The first-order valence-corrected chi connectivity index (χ1v) is 6.88. The second kappa shape index (κ2) is 8.10. The Kier molecular flexibility index (Phi) is 6.78. The van der Waals surface area contributed by atoms with Crippen LogP contribution < -0.4 is 20.5 Å². The normalized spacial score (nSPS) is 20.5. The number of amides is 1. The summed E-state index contributed by atoms with van der Waals surface area (Å²) >= 11 is 0. The first-order valence-electron chi connectivity index (χ1n) is 6.88. The summed E-state index contributed by atoms with van der Waals surface area (Å²) in [6.45, 7) is 0.435. The van der Waals surface area contributed by atoms with Gasteiger partial charge in [-0.3, -0.25) is 4.79 Å². The lowest BCUT2D eigenvalue weighted by Gasteiger charge is -2.14. The number of nitrogens with two attached hydrogens (primary N) is 1. The van der Waals surface area contributed by atoms with Gasteiger partial charge in [0.1, 0.15) is 0 Å². The maximum atomic E-state index is 12.1. The molecule has 5 nitrogen and oxygen atoms in total. The molecular weight excluding hydrogens is 292 g/mol. The van der Waals surface area contributed by atoms with Crippen LogP contribution in [0.2, 0.25) is 0 Å². The average Bonchev–Trinajstić information content (AvgIpc) is 2.90. The van der Waals surface area contributed by atoms with Crippen LogP contribution in [0.4, 0.5) is 0 Å². The molecule has 1 aliphatic rings. The molecule has 1 fully saturated rings. The van der Waals surface area contributed by atoms with Gasteiger partial charge in [0.15, 0.2) is 11.5 Å². The van der Waals surface area contributed by atoms with Crippen molar-refractivity contribution >= 4 is 18.3 Å². The lowest BCUT2D eigenvalue weighted by atomic mass is 10.1. The van der Waals surface area contributed by atoms with Gasteiger partial charge in [0.25, 0.3) is 0 Å². The van der Waals surface area contributed by atoms with E-state index in [4.69, 9.17) is 15.2 Å². The highest BCUT2D eigenvalue weighted by atomic mass is 35.5. The summed E-state index contributed by atoms with van der Waals surface area (Å²) < 4.78 is 10.6. The molecule has 6 heteroatoms. The number of nitrogens with one attached hydrogen (secondary N) is 1. The number of halogens is 1. The van der Waals surface area contributed by atoms with E-state index in [0.29, 0.717) is 18.0 Å². The third-order valence-electron chi connectivity index (χ3n) is 3.78. The number of benzene rings is 1. The van der Waals surface area contributed by atoms with Crippen LogP contribution >= 0.6 is 12.4 Å². The molecule has 1 aliphatic carbocycles. The van der Waals surface area contributed by atoms with E-state index in [0.717, 1.165) is 24.8 Å². The molecule has 21 heavy (non-hydrogen) atoms. The number of ether oxygens (including phenoxy) is 2. The minimum Gasteiger partial charge on any atom is -0.493 e. The van der Waals surface area contributed by atoms with Gasteiger partial charge in [-0.15, -0.1) is 12.4 Å². The molecule has 1 aromatic carbocycles. The van der Waals surface area contributed by atoms with Gasteiger partial charge >= 0.3 is 0 Å². The lowest BCUT2D eigenvalue weighted by Crippen LogP contribution is -2.30. The quantitative estimate of drug-likeness (QED) is 0.870. The predicted molar refractivity (Wildman–Crippen MR) is 84.0 cm³/mol. The Bertz CT molecular complexity index is 482. The van der Waals surface area contributed by atoms with Crippen LogP contribution in [-0.2, 0) is 11.3 Å². The zero-order valence-electron chi connectivity index (χ0n) is 12.4. The van der Waals surface area contributed by atoms with E-state index in [9.17, 15) is 4.79 Å². The first-order chi connectivity index (χ1) is 9.65. The molecule has 2 rings (SSSR count). The van der Waals surface area contributed by atoms with E-state index in [2.05, 4.69) is 5.32 Å². The highest BCUT2D eigenvalue weighted by Crippen LogP contribution is 2.31. The smallest absolute Gasteiger partial charge is 0.223 e. The molecule has 1 saturated carbocycles. The Morgan fingerprint density at radius 3 is 2.67 bits per heavy atom. The Labute approximate surface area is 131 Å². The summed E-state index contributed by atoms with van der Waals surface area (Å²) in [5.41, 5.74) is 6.74. The fourth-order valence-corrected chi connectivity index (χ4v) is 2.67. The van der Waals surface area contributed by atoms with Crippen molar-refractivity contribution in [1.29, 1.82) is 0 Å². The molecule has 0 aliphatic heterocycles. The van der Waals surface area contributed by atoms with Gasteiger partial charge in [-0.25, -0.2) is 0 Å². The predicted octanol–water partition coefficient (Wildman–Crippen LogP) is 1.87. The van der Waals surface area contributed by atoms with Crippen LogP contribution in [0, 0.1) is 5.92 Å². The van der Waals surface area contributed by atoms with Gasteiger partial charge in [-0.1, -0.05) is 12.1 Å². The number of hydrogen-bond acceptors (Lipinski definition) is 4. The minimum atomic E-state index is 0. The summed E-state index contributed by atoms with van der Waals surface area (Å²) in [5.74, 6) is 1.45. The van der Waals surface area contributed by atoms with Gasteiger partial charge in [0, 0.05) is 24.1 Å². The van der Waals surface area contributed by atoms with Gasteiger partial charge < -0.3 is 20.5 Å². The van der Waals surface area contributed by atoms with Crippen LogP contribution in [0.25, 0.3) is 0 Å². The molecule has 0 saturated heterocycles. The number of para-hydroxylation sites is 1. The topological polar surface area (TPSA) is 73.6 Å². The minimum absolute atomic E-state index is 0. The van der Waals surface area contributed by atoms with Gasteiger partial charge in [-0.05, 0) is 25.3 Å². The summed E-state index contributed by atoms with van der Waals surface area (Å²) in [5, 5.41) is 2.96. The second-order valence-electron chi connectivity index (χ2n) is 5.14. The van der Waals surface area contributed by atoms with Gasteiger partial charge in [0.2, 0.25) is 5.91 Å². The zero-order chi connectivity index (χ0) is 14.5. The van der Waals surface area contributed by atoms with Crippen molar-refractivity contribution in [2.75, 3.05) is 14.2 Å². The molecule has 1 aromatic rings. The van der Waals surface area contributed by atoms with E-state index in [-0.39, 0.29) is 30.3 Å². The highest BCUT2D eigenvalue weighted by molar-refractivity contribution is 5.85. The molecule has 2 unspecified atom stereocenters. The van der Waals surface area contributed by atoms with Crippen LogP contribution in [0.3, 0.4) is 0 Å². The monoisotopic (exact) mass is 314 g/mol. The zero-order valence-corrected chi connectivity index (χ0v) is 13.2. The molecule has 3 N–H and O–H groups in total. The number of carbonyl (C=O) groups is 1. The molecule has 1 amide bonds. The Balaban J connectivity index is 0.00000220. The number of hydrogen-bond donors (Lipinski definition) is 2. The molecule has 0 bridgehead atoms. The van der Waals surface area contributed by atoms with Crippen molar-refractivity contribution in [2.24, 2.45) is 11.7 Å². The second-order valence-corrected chi connectivity index (χ2v) is 5.14. The number of carbonyl (C=O) groups excluding carboxylic acids is 1. The Morgan fingerprint density at radius 2 is 2.10 bits per heavy atom. The van der Waals surface area contributed by atoms with Crippen LogP contribution in [0.15, 0.2) is 18.2 Å². The molecule has 2 atom stereocenters. The third kappa shape index (κ3) is 4.25. The molecule has 118 valence electrons. The van der Waals surface area contributed by atoms with Crippen LogP contribution in [0.5, 0.6) is 11.5 Å². The van der Waals surface area contributed by atoms with Gasteiger partial charge in [0.05, 0.1) is 14.2 Å². The SMILES string of the molecule is COc1cccc(CNC(=O)C2CCC(N)C2)c1OC.Cl. The van der Waals surface area contributed by atoms with Crippen molar-refractivity contribution < 1.29 is 14.3 Å². The van der Waals surface area contributed by atoms with Crippen molar-refractivity contribution in [3.63, 3.8) is 0 Å². The summed E-state index contributed by atoms with van der Waals surface area (Å²) in [6, 6.07) is 5.80. The molecule has 0 aromatic heterocycles. The van der Waals surface area contributed by atoms with E-state index >= 15 is 0 Å². The van der Waals surface area contributed by atoms with E-state index in [1.54, 1.807) is 14.2 Å². The average molecular weight is 315 g/mol. The summed E-state index contributed by atoms with van der Waals surface area (Å²) in [6.07, 6.45) is 2.59. The fraction of sp³-hybridized carbons (Fsp3) is 0.533. The van der Waals surface area contributed by atoms with Crippen LogP contribution in [0.1, 0.15) is 24.8 Å². The van der Waals surface area contributed by atoms with Crippen molar-refractivity contribution in [3.8, 4) is 11.5 Å². The fourth-order valence-electron chi connectivity index (χ4n) is 2.67. The molecular formula is C15H23ClN2O3. The largest absolute Gasteiger partial charge is 0.493 e. The van der Waals surface area contributed by atoms with Gasteiger partial charge in [-0.2, -0.15) is 0 Å². The van der Waals surface area contributed by atoms with E-state index in [1.165, 1.54) is 0 Å². The Hall–Kier alpha value is -1.46. The number of rotatable bonds is 5. The molecule has 0 spiro atoms. The maximum absolute atomic E-state index is 12.1. The standard InChI is InChI=1S/C15H22N2O3.ClH/c1-19-13-5-3-4-11(14(13)20-2)9-17-15(18)10-6-7-12(16)8-10;/h3-5,10,12H,6-9,16H2,1-2H3,(H,17,18);1H. The summed E-state index contributed by atoms with van der Waals surface area (Å²) in [4.78, 5) is 12.1. The molecule has 0 heterocycles. The van der Waals surface area contributed by atoms with Crippen molar-refractivity contribution in [1.82, 2.24) is 5.32 Å². The highest BCUT2D eigenvalue weighted by Gasteiger charge is 2.27. The lowest BCUT2D eigenvalue weighted by molar-refractivity contribution is -0.125. The number of methoxy groups -OCH3 is 2. The van der Waals surface area contributed by atoms with Crippen molar-refractivity contribution in [2.45, 2.75) is 31.8 Å². The third-order valence-corrected chi connectivity index (χ3v) is 3.78. The van der Waals surface area contributed by atoms with E-state index < -0.39 is 0 Å². The molecule has 0 radical (unpaired) electrons. The Morgan fingerprint density at radius 1 is 1.33 bits per heavy atom. The first kappa shape index (κ1) is 17.6.